The summed E-state index contributed by atoms with van der Waals surface area (Å²) in [5.41, 5.74) is 5.94. The van der Waals surface area contributed by atoms with Gasteiger partial charge < -0.3 is 19.1 Å². The van der Waals surface area contributed by atoms with E-state index >= 15 is 0 Å². The first-order valence-corrected chi connectivity index (χ1v) is 14.4. The Balaban J connectivity index is 1.55. The van der Waals surface area contributed by atoms with Gasteiger partial charge in [-0.3, -0.25) is 9.52 Å². The van der Waals surface area contributed by atoms with Crippen molar-refractivity contribution in [3.05, 3.63) is 77.4 Å². The number of fused-ring (bicyclic) bond motifs is 1. The van der Waals surface area contributed by atoms with Crippen molar-refractivity contribution >= 4 is 27.3 Å². The summed E-state index contributed by atoms with van der Waals surface area (Å²) in [6, 6.07) is 19.5. The molecule has 1 amide bonds. The summed E-state index contributed by atoms with van der Waals surface area (Å²) >= 11 is 0. The first-order chi connectivity index (χ1) is 18.2. The van der Waals surface area contributed by atoms with Gasteiger partial charge in [0.15, 0.2) is 6.79 Å². The highest BCUT2D eigenvalue weighted by molar-refractivity contribution is 7.92. The monoisotopic (exact) mass is 538 g/mol. The maximum absolute atomic E-state index is 13.5. The zero-order valence-corrected chi connectivity index (χ0v) is 23.0. The van der Waals surface area contributed by atoms with E-state index in [2.05, 4.69) is 48.9 Å². The lowest BCUT2D eigenvalue weighted by Crippen LogP contribution is -2.37. The normalized spacial score (nSPS) is 13.5. The van der Waals surface area contributed by atoms with Crippen molar-refractivity contribution in [1.82, 2.24) is 0 Å². The highest BCUT2D eigenvalue weighted by Gasteiger charge is 2.27. The Bertz CT molecular complexity index is 1390. The molecule has 0 aliphatic carbocycles. The number of anilines is 2. The van der Waals surface area contributed by atoms with Gasteiger partial charge in [-0.1, -0.05) is 50.2 Å². The molecule has 3 aromatic rings. The maximum Gasteiger partial charge on any atom is 0.258 e. The summed E-state index contributed by atoms with van der Waals surface area (Å²) in [5.74, 6) is 0.642. The van der Waals surface area contributed by atoms with Crippen LogP contribution >= 0.6 is 0 Å². The number of benzene rings is 3. The van der Waals surface area contributed by atoms with Gasteiger partial charge >= 0.3 is 0 Å². The van der Waals surface area contributed by atoms with Crippen molar-refractivity contribution in [1.29, 1.82) is 0 Å². The van der Waals surface area contributed by atoms with Gasteiger partial charge in [-0.15, -0.1) is 0 Å². The van der Waals surface area contributed by atoms with Crippen LogP contribution in [0.3, 0.4) is 0 Å². The van der Waals surface area contributed by atoms with Crippen LogP contribution in [0.4, 0.5) is 11.4 Å². The fourth-order valence-electron chi connectivity index (χ4n) is 4.37. The molecule has 1 aliphatic heterocycles. The van der Waals surface area contributed by atoms with E-state index in [1.807, 2.05) is 12.1 Å². The number of carbonyl (C=O) groups excluding carboxylic acids is 1. The second-order valence-corrected chi connectivity index (χ2v) is 11.3. The number of rotatable bonds is 11. The minimum Gasteiger partial charge on any atom is -0.465 e. The Labute approximate surface area is 224 Å². The fourth-order valence-corrected chi connectivity index (χ4v) is 4.93. The van der Waals surface area contributed by atoms with Gasteiger partial charge in [-0.25, -0.2) is 8.42 Å². The molecule has 0 spiro atoms. The molecule has 1 N–H and O–H groups in total. The van der Waals surface area contributed by atoms with E-state index in [-0.39, 0.29) is 18.4 Å². The molecule has 9 heteroatoms. The maximum atomic E-state index is 13.5. The number of ether oxygens (including phenoxy) is 3. The van der Waals surface area contributed by atoms with Gasteiger partial charge in [0, 0.05) is 24.9 Å². The van der Waals surface area contributed by atoms with Crippen LogP contribution in [0.5, 0.6) is 5.75 Å². The summed E-state index contributed by atoms with van der Waals surface area (Å²) in [6.07, 6.45) is 1.74. The van der Waals surface area contributed by atoms with Crippen molar-refractivity contribution < 1.29 is 27.4 Å². The number of methoxy groups -OCH3 is 1. The number of carbonyl (C=O) groups is 1. The predicted molar refractivity (Wildman–Crippen MR) is 150 cm³/mol. The Hall–Kier alpha value is -3.40. The van der Waals surface area contributed by atoms with Gasteiger partial charge in [0.2, 0.25) is 10.0 Å². The van der Waals surface area contributed by atoms with Crippen molar-refractivity contribution in [2.75, 3.05) is 49.5 Å². The summed E-state index contributed by atoms with van der Waals surface area (Å²) in [5, 5.41) is 0. The van der Waals surface area contributed by atoms with Gasteiger partial charge in [-0.2, -0.15) is 0 Å². The molecule has 3 aromatic carbocycles. The average molecular weight is 539 g/mol. The second kappa shape index (κ2) is 12.0. The number of amides is 1. The first-order valence-electron chi connectivity index (χ1n) is 12.5. The van der Waals surface area contributed by atoms with Crippen molar-refractivity contribution in [3.8, 4) is 16.9 Å². The first kappa shape index (κ1) is 27.6. The molecule has 0 bridgehead atoms. The Morgan fingerprint density at radius 1 is 0.974 bits per heavy atom. The topological polar surface area (TPSA) is 94.2 Å². The van der Waals surface area contributed by atoms with E-state index in [1.54, 1.807) is 30.2 Å². The molecule has 202 valence electrons. The van der Waals surface area contributed by atoms with Crippen LogP contribution in [-0.4, -0.2) is 54.2 Å². The number of hydrogen-bond donors (Lipinski definition) is 1. The Morgan fingerprint density at radius 3 is 2.39 bits per heavy atom. The minimum absolute atomic E-state index is 0.0697. The van der Waals surface area contributed by atoms with Gasteiger partial charge in [-0.05, 0) is 58.9 Å². The van der Waals surface area contributed by atoms with Crippen molar-refractivity contribution in [3.63, 3.8) is 0 Å². The lowest BCUT2D eigenvalue weighted by atomic mass is 9.92. The van der Waals surface area contributed by atoms with Gasteiger partial charge in [0.1, 0.15) is 5.75 Å². The molecule has 0 atom stereocenters. The highest BCUT2D eigenvalue weighted by atomic mass is 32.2. The summed E-state index contributed by atoms with van der Waals surface area (Å²) in [6.45, 7) is 5.51. The fraction of sp³-hybridized carbons (Fsp3) is 0.345. The number of nitrogens with one attached hydrogen (secondary N) is 1. The van der Waals surface area contributed by atoms with E-state index in [9.17, 15) is 13.2 Å². The molecule has 0 radical (unpaired) electrons. The number of hydrogen-bond acceptors (Lipinski definition) is 6. The van der Waals surface area contributed by atoms with Crippen LogP contribution in [0.1, 0.15) is 41.3 Å². The summed E-state index contributed by atoms with van der Waals surface area (Å²) in [4.78, 5) is 15.1. The summed E-state index contributed by atoms with van der Waals surface area (Å²) < 4.78 is 42.3. The second-order valence-electron chi connectivity index (χ2n) is 9.57. The van der Waals surface area contributed by atoms with Crippen molar-refractivity contribution in [2.45, 2.75) is 26.2 Å². The Morgan fingerprint density at radius 2 is 1.71 bits per heavy atom. The van der Waals surface area contributed by atoms with Crippen LogP contribution in [0.25, 0.3) is 11.1 Å². The third kappa shape index (κ3) is 6.72. The smallest absolute Gasteiger partial charge is 0.258 e. The van der Waals surface area contributed by atoms with E-state index in [0.717, 1.165) is 22.9 Å². The Kier molecular flexibility index (Phi) is 8.71. The third-order valence-electron chi connectivity index (χ3n) is 6.40. The molecular weight excluding hydrogens is 504 g/mol. The molecule has 0 aromatic heterocycles. The van der Waals surface area contributed by atoms with Crippen LogP contribution in [-0.2, 0) is 25.9 Å². The molecule has 0 unspecified atom stereocenters. The van der Waals surface area contributed by atoms with E-state index in [0.29, 0.717) is 49.1 Å². The largest absolute Gasteiger partial charge is 0.465 e. The molecule has 0 saturated heterocycles. The minimum atomic E-state index is -3.58. The molecule has 8 nitrogen and oxygen atoms in total. The number of sulfonamides is 1. The van der Waals surface area contributed by atoms with E-state index in [1.165, 1.54) is 5.56 Å². The highest BCUT2D eigenvalue weighted by Crippen LogP contribution is 2.34. The zero-order valence-electron chi connectivity index (χ0n) is 22.2. The van der Waals surface area contributed by atoms with E-state index in [4.69, 9.17) is 14.2 Å². The lowest BCUT2D eigenvalue weighted by Gasteiger charge is -2.29. The average Bonchev–Trinajstić information content (AvgIpc) is 2.88. The van der Waals surface area contributed by atoms with E-state index < -0.39 is 10.0 Å². The third-order valence-corrected chi connectivity index (χ3v) is 6.99. The quantitative estimate of drug-likeness (QED) is 0.271. The van der Waals surface area contributed by atoms with Crippen LogP contribution in [0.15, 0.2) is 60.7 Å². The summed E-state index contributed by atoms with van der Waals surface area (Å²) in [7, 11) is -2.01. The molecular formula is C29H34N2O6S. The molecule has 38 heavy (non-hydrogen) atoms. The molecule has 1 heterocycles. The van der Waals surface area contributed by atoms with Crippen LogP contribution in [0.2, 0.25) is 0 Å². The van der Waals surface area contributed by atoms with Crippen LogP contribution in [0, 0.1) is 0 Å². The van der Waals surface area contributed by atoms with Crippen LogP contribution < -0.4 is 14.4 Å². The molecule has 1 aliphatic rings. The van der Waals surface area contributed by atoms with Gasteiger partial charge in [0.05, 0.1) is 25.2 Å². The zero-order chi connectivity index (χ0) is 27.3. The molecule has 0 fully saturated rings. The standard InChI is InChI=1S/C29H34N2O6S/c1-20(2)21-5-7-22(8-6-21)23-9-11-26-24(17-23)13-14-31(29(26)32)25-10-12-28(37-19-36-16-15-35-3)27(18-25)30-38(4,33)34/h5-12,17-18,20,30H,13-16,19H2,1-4H3. The van der Waals surface area contributed by atoms with Gasteiger partial charge in [0.25, 0.3) is 5.91 Å². The molecule has 0 saturated carbocycles. The molecule has 4 rings (SSSR count). The lowest BCUT2D eigenvalue weighted by molar-refractivity contribution is -0.00813. The van der Waals surface area contributed by atoms with Crippen molar-refractivity contribution in [2.24, 2.45) is 0 Å². The number of nitrogens with zero attached hydrogens (tertiary/aromatic N) is 1. The SMILES string of the molecule is COCCOCOc1ccc(N2CCc3cc(-c4ccc(C(C)C)cc4)ccc3C2=O)cc1NS(C)(=O)=O. The predicted octanol–water partition coefficient (Wildman–Crippen LogP) is 5.05.